The second-order valence-corrected chi connectivity index (χ2v) is 5.42. The number of thiocarbonyl (C=S) groups is 1. The minimum absolute atomic E-state index is 0.129. The second-order valence-electron chi connectivity index (χ2n) is 5.01. The second kappa shape index (κ2) is 9.38. The first-order valence-corrected chi connectivity index (χ1v) is 7.99. The van der Waals surface area contributed by atoms with Crippen LogP contribution in [-0.2, 0) is 9.53 Å². The molecule has 2 rings (SSSR count). The number of amides is 1. The fourth-order valence-electron chi connectivity index (χ4n) is 2.02. The molecule has 7 nitrogen and oxygen atoms in total. The van der Waals surface area contributed by atoms with Gasteiger partial charge in [-0.05, 0) is 48.6 Å². The summed E-state index contributed by atoms with van der Waals surface area (Å²) in [5, 5.41) is 5.53. The third-order valence-corrected chi connectivity index (χ3v) is 3.46. The van der Waals surface area contributed by atoms with Crippen molar-refractivity contribution in [3.05, 3.63) is 54.1 Å². The van der Waals surface area contributed by atoms with Gasteiger partial charge in [0.2, 0.25) is 0 Å². The lowest BCUT2D eigenvalue weighted by atomic mass is 10.2. The molecule has 0 aliphatic rings. The summed E-state index contributed by atoms with van der Waals surface area (Å²) in [6.07, 6.45) is 0. The van der Waals surface area contributed by atoms with Gasteiger partial charge in [0.1, 0.15) is 11.5 Å². The highest BCUT2D eigenvalue weighted by Gasteiger charge is 2.09. The maximum atomic E-state index is 11.9. The molecule has 2 N–H and O–H groups in total. The van der Waals surface area contributed by atoms with Crippen LogP contribution in [0.15, 0.2) is 48.5 Å². The minimum Gasteiger partial charge on any atom is -0.495 e. The van der Waals surface area contributed by atoms with E-state index in [9.17, 15) is 9.59 Å². The molecular formula is C18H18N2O5S. The van der Waals surface area contributed by atoms with E-state index in [-0.39, 0.29) is 11.7 Å². The van der Waals surface area contributed by atoms with Gasteiger partial charge in [0.25, 0.3) is 5.91 Å². The van der Waals surface area contributed by atoms with Crippen LogP contribution in [0.1, 0.15) is 10.4 Å². The predicted molar refractivity (Wildman–Crippen MR) is 101 cm³/mol. The van der Waals surface area contributed by atoms with Crippen LogP contribution in [0.2, 0.25) is 0 Å². The highest BCUT2D eigenvalue weighted by Crippen LogP contribution is 2.22. The van der Waals surface area contributed by atoms with Crippen LogP contribution in [-0.4, -0.2) is 37.8 Å². The molecule has 0 aromatic heterocycles. The van der Waals surface area contributed by atoms with Crippen LogP contribution in [0, 0.1) is 0 Å². The molecule has 0 saturated heterocycles. The summed E-state index contributed by atoms with van der Waals surface area (Å²) in [6, 6.07) is 13.4. The molecule has 2 aromatic rings. The number of hydrogen-bond donors (Lipinski definition) is 2. The first-order valence-electron chi connectivity index (χ1n) is 7.58. The fourth-order valence-corrected chi connectivity index (χ4v) is 2.24. The van der Waals surface area contributed by atoms with Crippen LogP contribution in [0.25, 0.3) is 0 Å². The quantitative estimate of drug-likeness (QED) is 0.593. The first-order chi connectivity index (χ1) is 12.5. The maximum Gasteiger partial charge on any atom is 0.337 e. The molecule has 0 bridgehead atoms. The Morgan fingerprint density at radius 1 is 1.04 bits per heavy atom. The highest BCUT2D eigenvalue weighted by molar-refractivity contribution is 7.80. The third-order valence-electron chi connectivity index (χ3n) is 3.25. The van der Waals surface area contributed by atoms with E-state index >= 15 is 0 Å². The third kappa shape index (κ3) is 5.45. The largest absolute Gasteiger partial charge is 0.495 e. The average molecular weight is 374 g/mol. The maximum absolute atomic E-state index is 11.9. The van der Waals surface area contributed by atoms with Gasteiger partial charge in [-0.25, -0.2) is 4.79 Å². The molecule has 0 atom stereocenters. The summed E-state index contributed by atoms with van der Waals surface area (Å²) in [5.74, 6) is 0.180. The molecule has 8 heteroatoms. The summed E-state index contributed by atoms with van der Waals surface area (Å²) in [7, 11) is 2.85. The summed E-state index contributed by atoms with van der Waals surface area (Å²) in [5.41, 5.74) is 1.03. The Hall–Kier alpha value is -3.13. The number of methoxy groups -OCH3 is 2. The van der Waals surface area contributed by atoms with Crippen LogP contribution in [0.3, 0.4) is 0 Å². The molecule has 1 amide bonds. The van der Waals surface area contributed by atoms with Crippen LogP contribution >= 0.6 is 12.2 Å². The van der Waals surface area contributed by atoms with E-state index in [0.717, 1.165) is 0 Å². The molecule has 2 aromatic carbocycles. The number of ether oxygens (including phenoxy) is 3. The highest BCUT2D eigenvalue weighted by atomic mass is 32.1. The SMILES string of the molecule is COC(=O)c1ccc(OCC(=O)NC(=S)Nc2ccccc2OC)cc1. The van der Waals surface area contributed by atoms with Crippen LogP contribution in [0.5, 0.6) is 11.5 Å². The Kier molecular flexibility index (Phi) is 6.92. The molecule has 136 valence electrons. The van der Waals surface area contributed by atoms with E-state index in [0.29, 0.717) is 22.7 Å². The smallest absolute Gasteiger partial charge is 0.337 e. The standard InChI is InChI=1S/C18H18N2O5S/c1-23-15-6-4-3-5-14(15)19-18(26)20-16(21)11-25-13-9-7-12(8-10-13)17(22)24-2/h3-10H,11H2,1-2H3,(H2,19,20,21,26). The van der Waals surface area contributed by atoms with Crippen molar-refractivity contribution >= 4 is 34.9 Å². The van der Waals surface area contributed by atoms with Crippen LogP contribution in [0.4, 0.5) is 5.69 Å². The summed E-state index contributed by atoms with van der Waals surface area (Å²) in [4.78, 5) is 23.3. The summed E-state index contributed by atoms with van der Waals surface area (Å²) < 4.78 is 15.2. The minimum atomic E-state index is -0.443. The molecule has 0 spiro atoms. The van der Waals surface area contributed by atoms with Crippen molar-refractivity contribution < 1.29 is 23.8 Å². The van der Waals surface area contributed by atoms with Crippen molar-refractivity contribution in [3.8, 4) is 11.5 Å². The average Bonchev–Trinajstić information content (AvgIpc) is 2.66. The van der Waals surface area contributed by atoms with Gasteiger partial charge in [-0.15, -0.1) is 0 Å². The van der Waals surface area contributed by atoms with Gasteiger partial charge in [-0.2, -0.15) is 0 Å². The van der Waals surface area contributed by atoms with Gasteiger partial charge in [0, 0.05) is 0 Å². The molecule has 0 radical (unpaired) electrons. The predicted octanol–water partition coefficient (Wildman–Crippen LogP) is 2.37. The number of para-hydroxylation sites is 2. The van der Waals surface area contributed by atoms with Crippen molar-refractivity contribution in [1.29, 1.82) is 0 Å². The molecule has 0 fully saturated rings. The van der Waals surface area contributed by atoms with E-state index in [1.54, 1.807) is 43.5 Å². The zero-order chi connectivity index (χ0) is 18.9. The topological polar surface area (TPSA) is 85.9 Å². The number of carbonyl (C=O) groups is 2. The van der Waals surface area contributed by atoms with Gasteiger partial charge in [-0.1, -0.05) is 12.1 Å². The van der Waals surface area contributed by atoms with Gasteiger partial charge in [0.05, 0.1) is 25.5 Å². The van der Waals surface area contributed by atoms with E-state index in [4.69, 9.17) is 21.7 Å². The first kappa shape index (κ1) is 19.2. The van der Waals surface area contributed by atoms with Gasteiger partial charge >= 0.3 is 5.97 Å². The molecule has 0 aliphatic heterocycles. The lowest BCUT2D eigenvalue weighted by Gasteiger charge is -2.13. The van der Waals surface area contributed by atoms with Crippen molar-refractivity contribution in [2.45, 2.75) is 0 Å². The molecule has 0 unspecified atom stereocenters. The van der Waals surface area contributed by atoms with Gasteiger partial charge in [0.15, 0.2) is 11.7 Å². The molecule has 0 saturated carbocycles. The lowest BCUT2D eigenvalue weighted by Crippen LogP contribution is -2.37. The van der Waals surface area contributed by atoms with Crippen molar-refractivity contribution in [1.82, 2.24) is 5.32 Å². The molecule has 0 aliphatic carbocycles. The van der Waals surface area contributed by atoms with Gasteiger partial charge < -0.3 is 19.5 Å². The number of anilines is 1. The Morgan fingerprint density at radius 3 is 2.38 bits per heavy atom. The number of benzene rings is 2. The number of esters is 1. The number of rotatable bonds is 6. The molecule has 26 heavy (non-hydrogen) atoms. The van der Waals surface area contributed by atoms with Crippen molar-refractivity contribution in [2.24, 2.45) is 0 Å². The monoisotopic (exact) mass is 374 g/mol. The Balaban J connectivity index is 1.83. The Bertz CT molecular complexity index is 792. The molecular weight excluding hydrogens is 356 g/mol. The Morgan fingerprint density at radius 2 is 1.73 bits per heavy atom. The van der Waals surface area contributed by atoms with Crippen molar-refractivity contribution in [2.75, 3.05) is 26.1 Å². The molecule has 0 heterocycles. The van der Waals surface area contributed by atoms with E-state index in [1.807, 2.05) is 12.1 Å². The number of carbonyl (C=O) groups excluding carboxylic acids is 2. The summed E-state index contributed by atoms with van der Waals surface area (Å²) in [6.45, 7) is -0.231. The van der Waals surface area contributed by atoms with E-state index < -0.39 is 11.9 Å². The van der Waals surface area contributed by atoms with E-state index in [1.165, 1.54) is 7.11 Å². The zero-order valence-electron chi connectivity index (χ0n) is 14.3. The number of nitrogens with one attached hydrogen (secondary N) is 2. The lowest BCUT2D eigenvalue weighted by molar-refractivity contribution is -0.121. The van der Waals surface area contributed by atoms with Crippen molar-refractivity contribution in [3.63, 3.8) is 0 Å². The fraction of sp³-hybridized carbons (Fsp3) is 0.167. The number of hydrogen-bond acceptors (Lipinski definition) is 6. The zero-order valence-corrected chi connectivity index (χ0v) is 15.1. The van der Waals surface area contributed by atoms with Gasteiger partial charge in [-0.3, -0.25) is 10.1 Å². The summed E-state index contributed by atoms with van der Waals surface area (Å²) >= 11 is 5.10. The van der Waals surface area contributed by atoms with Crippen LogP contribution < -0.4 is 20.1 Å². The normalized spacial score (nSPS) is 9.77. The Labute approximate surface area is 156 Å². The van der Waals surface area contributed by atoms with E-state index in [2.05, 4.69) is 15.4 Å².